The van der Waals surface area contributed by atoms with E-state index in [-0.39, 0.29) is 0 Å². The standard InChI is InChI=1S/C20H41/c1-6-8-9-10-11-12-13-14-15-16-18-19(17-7-2)20(3,4)5/h19H,2,6-18H2,1,3-5H3. The van der Waals surface area contributed by atoms with Crippen molar-refractivity contribution < 1.29 is 0 Å². The smallest absolute Gasteiger partial charge is 0.0354 e. The van der Waals surface area contributed by atoms with Gasteiger partial charge in [-0.2, -0.15) is 0 Å². The van der Waals surface area contributed by atoms with Crippen molar-refractivity contribution >= 4 is 0 Å². The third-order valence-electron chi connectivity index (χ3n) is 4.68. The first-order chi connectivity index (χ1) is 9.52. The minimum absolute atomic E-state index is 0.469. The Morgan fingerprint density at radius 2 is 1.15 bits per heavy atom. The van der Waals surface area contributed by atoms with E-state index >= 15 is 0 Å². The molecule has 0 aliphatic heterocycles. The van der Waals surface area contributed by atoms with Crippen LogP contribution in [0.25, 0.3) is 0 Å². The van der Waals surface area contributed by atoms with Gasteiger partial charge in [-0.05, 0) is 24.2 Å². The Morgan fingerprint density at radius 3 is 1.55 bits per heavy atom. The molecule has 0 amide bonds. The molecule has 0 aliphatic rings. The van der Waals surface area contributed by atoms with Crippen molar-refractivity contribution in [2.75, 3.05) is 0 Å². The molecule has 0 spiro atoms. The molecular formula is C20H41. The Kier molecular flexibility index (Phi) is 12.7. The molecule has 0 aromatic carbocycles. The van der Waals surface area contributed by atoms with E-state index in [0.29, 0.717) is 5.41 Å². The fourth-order valence-electron chi connectivity index (χ4n) is 3.13. The van der Waals surface area contributed by atoms with Crippen molar-refractivity contribution in [2.24, 2.45) is 11.3 Å². The summed E-state index contributed by atoms with van der Waals surface area (Å²) in [5.41, 5.74) is 0.469. The van der Waals surface area contributed by atoms with E-state index in [1.54, 1.807) is 0 Å². The second-order valence-electron chi connectivity index (χ2n) is 7.68. The zero-order valence-electron chi connectivity index (χ0n) is 15.0. The lowest BCUT2D eigenvalue weighted by Gasteiger charge is -2.30. The number of rotatable bonds is 13. The highest BCUT2D eigenvalue weighted by Crippen LogP contribution is 2.33. The summed E-state index contributed by atoms with van der Waals surface area (Å²) in [5, 5.41) is 0. The number of hydrogen-bond acceptors (Lipinski definition) is 0. The van der Waals surface area contributed by atoms with E-state index in [2.05, 4.69) is 34.6 Å². The van der Waals surface area contributed by atoms with Crippen LogP contribution in [0, 0.1) is 18.3 Å². The Labute approximate surface area is 130 Å². The van der Waals surface area contributed by atoms with Crippen molar-refractivity contribution in [1.29, 1.82) is 0 Å². The molecule has 20 heavy (non-hydrogen) atoms. The number of hydrogen-bond donors (Lipinski definition) is 0. The van der Waals surface area contributed by atoms with Gasteiger partial charge in [-0.1, -0.05) is 105 Å². The van der Waals surface area contributed by atoms with Crippen LogP contribution in [0.1, 0.15) is 111 Å². The quantitative estimate of drug-likeness (QED) is 0.305. The summed E-state index contributed by atoms with van der Waals surface area (Å²) < 4.78 is 0. The van der Waals surface area contributed by atoms with E-state index in [4.69, 9.17) is 0 Å². The van der Waals surface area contributed by atoms with E-state index in [1.165, 1.54) is 77.0 Å². The lowest BCUT2D eigenvalue weighted by atomic mass is 9.75. The van der Waals surface area contributed by atoms with Crippen LogP contribution in [0.15, 0.2) is 0 Å². The molecule has 0 rings (SSSR count). The SMILES string of the molecule is [CH2]CCC(CCCCCCCCCCCC)C(C)(C)C. The first-order valence-electron chi connectivity index (χ1n) is 9.31. The zero-order chi connectivity index (χ0) is 15.3. The minimum Gasteiger partial charge on any atom is -0.0654 e. The molecule has 0 bridgehead atoms. The van der Waals surface area contributed by atoms with Gasteiger partial charge in [0.05, 0.1) is 0 Å². The molecule has 0 nitrogen and oxygen atoms in total. The van der Waals surface area contributed by atoms with E-state index in [1.807, 2.05) is 0 Å². The van der Waals surface area contributed by atoms with Gasteiger partial charge >= 0.3 is 0 Å². The monoisotopic (exact) mass is 281 g/mol. The van der Waals surface area contributed by atoms with Gasteiger partial charge in [-0.15, -0.1) is 0 Å². The second-order valence-corrected chi connectivity index (χ2v) is 7.68. The van der Waals surface area contributed by atoms with Gasteiger partial charge in [0.2, 0.25) is 0 Å². The highest BCUT2D eigenvalue weighted by molar-refractivity contribution is 4.74. The minimum atomic E-state index is 0.469. The Balaban J connectivity index is 3.41. The highest BCUT2D eigenvalue weighted by atomic mass is 14.3. The predicted molar refractivity (Wildman–Crippen MR) is 94.0 cm³/mol. The van der Waals surface area contributed by atoms with Gasteiger partial charge in [-0.25, -0.2) is 0 Å². The maximum absolute atomic E-state index is 4.04. The van der Waals surface area contributed by atoms with Crippen molar-refractivity contribution in [2.45, 2.75) is 111 Å². The first kappa shape index (κ1) is 20.0. The van der Waals surface area contributed by atoms with Gasteiger partial charge in [-0.3, -0.25) is 0 Å². The molecule has 1 unspecified atom stereocenters. The van der Waals surface area contributed by atoms with E-state index in [9.17, 15) is 0 Å². The third-order valence-corrected chi connectivity index (χ3v) is 4.68. The molecule has 0 saturated heterocycles. The van der Waals surface area contributed by atoms with Crippen LogP contribution >= 0.6 is 0 Å². The van der Waals surface area contributed by atoms with E-state index in [0.717, 1.165) is 12.3 Å². The summed E-state index contributed by atoms with van der Waals surface area (Å²) in [6.07, 6.45) is 18.2. The van der Waals surface area contributed by atoms with Crippen LogP contribution in [0.4, 0.5) is 0 Å². The maximum Gasteiger partial charge on any atom is -0.0354 e. The predicted octanol–water partition coefficient (Wildman–Crippen LogP) is 7.57. The topological polar surface area (TPSA) is 0 Å². The Morgan fingerprint density at radius 1 is 0.700 bits per heavy atom. The van der Waals surface area contributed by atoms with Gasteiger partial charge in [0.15, 0.2) is 0 Å². The first-order valence-corrected chi connectivity index (χ1v) is 9.31. The lowest BCUT2D eigenvalue weighted by molar-refractivity contribution is 0.207. The van der Waals surface area contributed by atoms with Crippen LogP contribution in [0.3, 0.4) is 0 Å². The molecule has 0 heterocycles. The molecule has 0 aromatic heterocycles. The van der Waals surface area contributed by atoms with Crippen LogP contribution in [-0.4, -0.2) is 0 Å². The molecule has 0 saturated carbocycles. The van der Waals surface area contributed by atoms with Gasteiger partial charge in [0, 0.05) is 0 Å². The van der Waals surface area contributed by atoms with Crippen LogP contribution in [0.2, 0.25) is 0 Å². The highest BCUT2D eigenvalue weighted by Gasteiger charge is 2.22. The van der Waals surface area contributed by atoms with Crippen molar-refractivity contribution in [3.05, 3.63) is 6.92 Å². The summed E-state index contributed by atoms with van der Waals surface area (Å²) in [6, 6.07) is 0. The average molecular weight is 282 g/mol. The van der Waals surface area contributed by atoms with Gasteiger partial charge in [0.25, 0.3) is 0 Å². The molecule has 0 N–H and O–H groups in total. The number of unbranched alkanes of at least 4 members (excludes halogenated alkanes) is 9. The molecule has 121 valence electrons. The van der Waals surface area contributed by atoms with Crippen molar-refractivity contribution in [1.82, 2.24) is 0 Å². The fourth-order valence-corrected chi connectivity index (χ4v) is 3.13. The fraction of sp³-hybridized carbons (Fsp3) is 0.950. The summed E-state index contributed by atoms with van der Waals surface area (Å²) in [5.74, 6) is 0.869. The van der Waals surface area contributed by atoms with Crippen molar-refractivity contribution in [3.8, 4) is 0 Å². The summed E-state index contributed by atoms with van der Waals surface area (Å²) >= 11 is 0. The Bertz CT molecular complexity index is 187. The molecule has 0 fully saturated rings. The van der Waals surface area contributed by atoms with Gasteiger partial charge in [0.1, 0.15) is 0 Å². The van der Waals surface area contributed by atoms with Crippen LogP contribution < -0.4 is 0 Å². The van der Waals surface area contributed by atoms with Crippen LogP contribution in [0.5, 0.6) is 0 Å². The Hall–Kier alpha value is 0. The average Bonchev–Trinajstić information content (AvgIpc) is 2.38. The lowest BCUT2D eigenvalue weighted by Crippen LogP contribution is -2.20. The van der Waals surface area contributed by atoms with Crippen LogP contribution in [-0.2, 0) is 0 Å². The van der Waals surface area contributed by atoms with Crippen molar-refractivity contribution in [3.63, 3.8) is 0 Å². The molecule has 1 radical (unpaired) electrons. The summed E-state index contributed by atoms with van der Waals surface area (Å²) in [6.45, 7) is 13.5. The van der Waals surface area contributed by atoms with Gasteiger partial charge < -0.3 is 0 Å². The largest absolute Gasteiger partial charge is 0.0654 e. The maximum atomic E-state index is 4.04. The molecule has 0 aromatic rings. The normalized spacial score (nSPS) is 13.7. The molecule has 0 aliphatic carbocycles. The molecule has 1 atom stereocenters. The zero-order valence-corrected chi connectivity index (χ0v) is 15.0. The third kappa shape index (κ3) is 11.8. The summed E-state index contributed by atoms with van der Waals surface area (Å²) in [7, 11) is 0. The summed E-state index contributed by atoms with van der Waals surface area (Å²) in [4.78, 5) is 0. The second kappa shape index (κ2) is 12.7. The molecular weight excluding hydrogens is 240 g/mol. The molecule has 0 heteroatoms. The van der Waals surface area contributed by atoms with E-state index < -0.39 is 0 Å².